The van der Waals surface area contributed by atoms with Crippen LogP contribution in [0.5, 0.6) is 11.5 Å². The zero-order chi connectivity index (χ0) is 19.7. The molecule has 0 aliphatic heterocycles. The highest BCUT2D eigenvalue weighted by molar-refractivity contribution is 7.99. The zero-order valence-electron chi connectivity index (χ0n) is 16.0. The molecule has 0 atom stereocenters. The number of thioether (sulfide) groups is 1. The lowest BCUT2D eigenvalue weighted by Gasteiger charge is -2.14. The molecule has 4 rings (SSSR count). The molecule has 0 unspecified atom stereocenters. The Kier molecular flexibility index (Phi) is 5.00. The summed E-state index contributed by atoms with van der Waals surface area (Å²) in [5.74, 6) is 2.05. The van der Waals surface area contributed by atoms with Crippen molar-refractivity contribution < 1.29 is 9.47 Å². The molecule has 2 heterocycles. The van der Waals surface area contributed by atoms with Gasteiger partial charge in [-0.3, -0.25) is 9.36 Å². The molecule has 144 valence electrons. The smallest absolute Gasteiger partial charge is 0.283 e. The maximum Gasteiger partial charge on any atom is 0.283 e. The molecule has 0 aliphatic rings. The van der Waals surface area contributed by atoms with Gasteiger partial charge in [0.25, 0.3) is 5.56 Å². The van der Waals surface area contributed by atoms with E-state index in [1.807, 2.05) is 30.3 Å². The lowest BCUT2D eigenvalue weighted by molar-refractivity contribution is 0.354. The SMILES string of the molecule is CCCSc1nc2c([nH]c3ccccc32)c(=O)n1-c1ccc(OC)c(OC)c1. The highest BCUT2D eigenvalue weighted by Gasteiger charge is 2.18. The van der Waals surface area contributed by atoms with Crippen LogP contribution in [0.15, 0.2) is 52.4 Å². The summed E-state index contributed by atoms with van der Waals surface area (Å²) in [4.78, 5) is 21.5. The molecule has 6 nitrogen and oxygen atoms in total. The number of nitrogens with zero attached hydrogens (tertiary/aromatic N) is 2. The summed E-state index contributed by atoms with van der Waals surface area (Å²) in [6.07, 6.45) is 0.985. The molecule has 28 heavy (non-hydrogen) atoms. The number of aromatic amines is 1. The molecule has 4 aromatic rings. The van der Waals surface area contributed by atoms with E-state index in [0.29, 0.717) is 33.4 Å². The maximum absolute atomic E-state index is 13.4. The fourth-order valence-corrected chi connectivity index (χ4v) is 4.08. The van der Waals surface area contributed by atoms with E-state index in [-0.39, 0.29) is 5.56 Å². The van der Waals surface area contributed by atoms with Crippen molar-refractivity contribution >= 4 is 33.7 Å². The Morgan fingerprint density at radius 1 is 1.11 bits per heavy atom. The lowest BCUT2D eigenvalue weighted by Crippen LogP contribution is -2.22. The molecule has 1 N–H and O–H groups in total. The number of fused-ring (bicyclic) bond motifs is 3. The second-order valence-corrected chi connectivity index (χ2v) is 7.38. The van der Waals surface area contributed by atoms with Gasteiger partial charge in [-0.1, -0.05) is 36.9 Å². The highest BCUT2D eigenvalue weighted by atomic mass is 32.2. The topological polar surface area (TPSA) is 69.1 Å². The van der Waals surface area contributed by atoms with Crippen LogP contribution in [0.1, 0.15) is 13.3 Å². The van der Waals surface area contributed by atoms with Gasteiger partial charge in [0.1, 0.15) is 11.0 Å². The third-order valence-electron chi connectivity index (χ3n) is 4.55. The van der Waals surface area contributed by atoms with Crippen LogP contribution in [-0.4, -0.2) is 34.5 Å². The summed E-state index contributed by atoms with van der Waals surface area (Å²) in [5.41, 5.74) is 2.66. The van der Waals surface area contributed by atoms with Crippen molar-refractivity contribution in [2.75, 3.05) is 20.0 Å². The Morgan fingerprint density at radius 2 is 1.89 bits per heavy atom. The largest absolute Gasteiger partial charge is 0.493 e. The Hall–Kier alpha value is -2.93. The second kappa shape index (κ2) is 7.59. The Labute approximate surface area is 166 Å². The van der Waals surface area contributed by atoms with Crippen molar-refractivity contribution in [3.63, 3.8) is 0 Å². The van der Waals surface area contributed by atoms with Gasteiger partial charge in [0.05, 0.1) is 19.9 Å². The molecule has 0 aliphatic carbocycles. The van der Waals surface area contributed by atoms with E-state index in [9.17, 15) is 4.79 Å². The molecule has 0 saturated heterocycles. The van der Waals surface area contributed by atoms with Crippen molar-refractivity contribution in [2.24, 2.45) is 0 Å². The Morgan fingerprint density at radius 3 is 2.64 bits per heavy atom. The van der Waals surface area contributed by atoms with Crippen molar-refractivity contribution in [3.05, 3.63) is 52.8 Å². The first kappa shape index (κ1) is 18.4. The number of H-pyrrole nitrogens is 1. The quantitative estimate of drug-likeness (QED) is 0.387. The van der Waals surface area contributed by atoms with Gasteiger partial charge in [-0.15, -0.1) is 0 Å². The van der Waals surface area contributed by atoms with Crippen LogP contribution in [-0.2, 0) is 0 Å². The minimum absolute atomic E-state index is 0.132. The molecule has 0 radical (unpaired) electrons. The van der Waals surface area contributed by atoms with Gasteiger partial charge in [0, 0.05) is 22.7 Å². The summed E-state index contributed by atoms with van der Waals surface area (Å²) in [6, 6.07) is 13.3. The van der Waals surface area contributed by atoms with Gasteiger partial charge < -0.3 is 14.5 Å². The molecule has 0 fully saturated rings. The average Bonchev–Trinajstić information content (AvgIpc) is 3.11. The summed E-state index contributed by atoms with van der Waals surface area (Å²) in [5, 5.41) is 1.61. The van der Waals surface area contributed by atoms with E-state index in [1.165, 1.54) is 0 Å². The minimum atomic E-state index is -0.132. The zero-order valence-corrected chi connectivity index (χ0v) is 16.8. The molecule has 0 amide bonds. The van der Waals surface area contributed by atoms with E-state index >= 15 is 0 Å². The molecule has 7 heteroatoms. The van der Waals surface area contributed by atoms with Crippen LogP contribution in [0, 0.1) is 0 Å². The standard InChI is InChI=1S/C21H21N3O3S/c1-4-11-28-21-23-18-14-7-5-6-8-15(14)22-19(18)20(25)24(21)13-9-10-16(26-2)17(12-13)27-3/h5-10,12,22H,4,11H2,1-3H3. The fraction of sp³-hybridized carbons (Fsp3) is 0.238. The number of rotatable bonds is 6. The van der Waals surface area contributed by atoms with Crippen molar-refractivity contribution in [1.29, 1.82) is 0 Å². The molecular weight excluding hydrogens is 374 g/mol. The van der Waals surface area contributed by atoms with E-state index in [0.717, 1.165) is 23.1 Å². The number of nitrogens with one attached hydrogen (secondary N) is 1. The van der Waals surface area contributed by atoms with Crippen LogP contribution in [0.3, 0.4) is 0 Å². The predicted octanol–water partition coefficient (Wildman–Crippen LogP) is 4.39. The third-order valence-corrected chi connectivity index (χ3v) is 5.70. The monoisotopic (exact) mass is 395 g/mol. The third kappa shape index (κ3) is 3.01. The van der Waals surface area contributed by atoms with E-state index < -0.39 is 0 Å². The van der Waals surface area contributed by atoms with Crippen LogP contribution >= 0.6 is 11.8 Å². The number of hydrogen-bond donors (Lipinski definition) is 1. The normalized spacial score (nSPS) is 11.2. The number of aromatic nitrogens is 3. The van der Waals surface area contributed by atoms with Gasteiger partial charge in [-0.2, -0.15) is 0 Å². The van der Waals surface area contributed by atoms with Gasteiger partial charge in [-0.05, 0) is 24.6 Å². The summed E-state index contributed by atoms with van der Waals surface area (Å²) in [7, 11) is 3.17. The molecular formula is C21H21N3O3S. The fourth-order valence-electron chi connectivity index (χ4n) is 3.22. The number of methoxy groups -OCH3 is 2. The van der Waals surface area contributed by atoms with Gasteiger partial charge in [-0.25, -0.2) is 4.98 Å². The van der Waals surface area contributed by atoms with E-state index in [1.54, 1.807) is 42.7 Å². The van der Waals surface area contributed by atoms with Gasteiger partial charge in [0.15, 0.2) is 16.7 Å². The van der Waals surface area contributed by atoms with Crippen LogP contribution in [0.2, 0.25) is 0 Å². The number of para-hydroxylation sites is 1. The lowest BCUT2D eigenvalue weighted by atomic mass is 10.2. The molecule has 0 spiro atoms. The Balaban J connectivity index is 2.02. The van der Waals surface area contributed by atoms with Crippen LogP contribution < -0.4 is 15.0 Å². The summed E-state index contributed by atoms with van der Waals surface area (Å²) in [6.45, 7) is 2.11. The predicted molar refractivity (Wildman–Crippen MR) is 113 cm³/mol. The van der Waals surface area contributed by atoms with Crippen LogP contribution in [0.25, 0.3) is 27.6 Å². The first-order chi connectivity index (χ1) is 13.7. The summed E-state index contributed by atoms with van der Waals surface area (Å²) < 4.78 is 12.4. The molecule has 0 bridgehead atoms. The van der Waals surface area contributed by atoms with Gasteiger partial charge >= 0.3 is 0 Å². The van der Waals surface area contributed by atoms with Crippen molar-refractivity contribution in [1.82, 2.24) is 14.5 Å². The number of ether oxygens (including phenoxy) is 2. The second-order valence-electron chi connectivity index (χ2n) is 6.32. The van der Waals surface area contributed by atoms with Crippen molar-refractivity contribution in [3.8, 4) is 17.2 Å². The van der Waals surface area contributed by atoms with E-state index in [2.05, 4.69) is 11.9 Å². The van der Waals surface area contributed by atoms with E-state index in [4.69, 9.17) is 14.5 Å². The van der Waals surface area contributed by atoms with Crippen LogP contribution in [0.4, 0.5) is 0 Å². The molecule has 0 saturated carbocycles. The summed E-state index contributed by atoms with van der Waals surface area (Å²) >= 11 is 1.57. The number of hydrogen-bond acceptors (Lipinski definition) is 5. The number of benzene rings is 2. The first-order valence-corrected chi connectivity index (χ1v) is 10.0. The minimum Gasteiger partial charge on any atom is -0.493 e. The first-order valence-electron chi connectivity index (χ1n) is 9.06. The molecule has 2 aromatic carbocycles. The van der Waals surface area contributed by atoms with Gasteiger partial charge in [0.2, 0.25) is 0 Å². The van der Waals surface area contributed by atoms with Crippen molar-refractivity contribution in [2.45, 2.75) is 18.5 Å². The Bertz CT molecular complexity index is 1210. The average molecular weight is 395 g/mol. The maximum atomic E-state index is 13.4. The highest BCUT2D eigenvalue weighted by Crippen LogP contribution is 2.31. The molecule has 2 aromatic heterocycles.